The van der Waals surface area contributed by atoms with E-state index in [2.05, 4.69) is 26.0 Å². The molecule has 0 aliphatic rings. The topological polar surface area (TPSA) is 35.2 Å². The Morgan fingerprint density at radius 1 is 1.38 bits per heavy atom. The number of hydrogen-bond acceptors (Lipinski definition) is 2. The molecule has 2 nitrogen and oxygen atoms in total. The van der Waals surface area contributed by atoms with Gasteiger partial charge in [-0.2, -0.15) is 0 Å². The van der Waals surface area contributed by atoms with Crippen molar-refractivity contribution in [1.82, 2.24) is 0 Å². The Morgan fingerprint density at radius 2 is 2.06 bits per heavy atom. The second-order valence-corrected chi connectivity index (χ2v) is 4.62. The predicted octanol–water partition coefficient (Wildman–Crippen LogP) is 2.92. The number of thiocarbonyl (C=S) groups is 1. The first-order valence-corrected chi connectivity index (χ1v) is 5.88. The molecule has 88 valence electrons. The molecular formula is C13H19NOS. The average Bonchev–Trinajstić information content (AvgIpc) is 2.16. The highest BCUT2D eigenvalue weighted by molar-refractivity contribution is 7.80. The van der Waals surface area contributed by atoms with E-state index in [1.54, 1.807) is 7.11 Å². The number of nitrogens with two attached hydrogens (primary N) is 1. The zero-order valence-corrected chi connectivity index (χ0v) is 11.0. The van der Waals surface area contributed by atoms with Gasteiger partial charge in [-0.05, 0) is 44.2 Å². The molecule has 0 saturated carbocycles. The van der Waals surface area contributed by atoms with E-state index >= 15 is 0 Å². The lowest BCUT2D eigenvalue weighted by atomic mass is 10.0. The standard InChI is InChI=1S/C13H19NOS/c1-9-7-10(2)13(15-3)11(8-9)5-4-6-12(14)16/h7-8H,4-6H2,1-3H3,(H2,14,16). The van der Waals surface area contributed by atoms with Crippen molar-refractivity contribution in [2.75, 3.05) is 7.11 Å². The number of rotatable bonds is 5. The summed E-state index contributed by atoms with van der Waals surface area (Å²) in [6.07, 6.45) is 2.74. The summed E-state index contributed by atoms with van der Waals surface area (Å²) in [6, 6.07) is 4.31. The third-order valence-corrected chi connectivity index (χ3v) is 2.77. The number of benzene rings is 1. The summed E-state index contributed by atoms with van der Waals surface area (Å²) in [4.78, 5) is 0.586. The van der Waals surface area contributed by atoms with E-state index in [1.807, 2.05) is 0 Å². The van der Waals surface area contributed by atoms with Gasteiger partial charge in [0.1, 0.15) is 5.75 Å². The van der Waals surface area contributed by atoms with Crippen LogP contribution in [0, 0.1) is 13.8 Å². The summed E-state index contributed by atoms with van der Waals surface area (Å²) in [5.41, 5.74) is 9.19. The van der Waals surface area contributed by atoms with Gasteiger partial charge in [-0.15, -0.1) is 0 Å². The molecule has 0 aromatic heterocycles. The molecule has 0 aliphatic heterocycles. The molecule has 2 N–H and O–H groups in total. The molecule has 0 radical (unpaired) electrons. The van der Waals surface area contributed by atoms with Crippen molar-refractivity contribution in [3.8, 4) is 5.75 Å². The first kappa shape index (κ1) is 13.0. The summed E-state index contributed by atoms with van der Waals surface area (Å²) < 4.78 is 5.42. The number of hydrogen-bond donors (Lipinski definition) is 1. The van der Waals surface area contributed by atoms with Crippen LogP contribution in [0.15, 0.2) is 12.1 Å². The number of methoxy groups -OCH3 is 1. The molecule has 3 heteroatoms. The SMILES string of the molecule is COc1c(C)cc(C)cc1CCCC(N)=S. The third-order valence-electron chi connectivity index (χ3n) is 2.57. The summed E-state index contributed by atoms with van der Waals surface area (Å²) >= 11 is 4.87. The van der Waals surface area contributed by atoms with Gasteiger partial charge in [0, 0.05) is 0 Å². The zero-order chi connectivity index (χ0) is 12.1. The van der Waals surface area contributed by atoms with Crippen LogP contribution in [0.4, 0.5) is 0 Å². The minimum absolute atomic E-state index is 0.586. The highest BCUT2D eigenvalue weighted by Crippen LogP contribution is 2.26. The zero-order valence-electron chi connectivity index (χ0n) is 10.2. The summed E-state index contributed by atoms with van der Waals surface area (Å²) in [5.74, 6) is 0.994. The maximum Gasteiger partial charge on any atom is 0.124 e. The third kappa shape index (κ3) is 3.49. The van der Waals surface area contributed by atoms with Crippen molar-refractivity contribution in [3.05, 3.63) is 28.8 Å². The van der Waals surface area contributed by atoms with Crippen molar-refractivity contribution < 1.29 is 4.74 Å². The van der Waals surface area contributed by atoms with Crippen molar-refractivity contribution in [3.63, 3.8) is 0 Å². The molecule has 16 heavy (non-hydrogen) atoms. The summed E-state index contributed by atoms with van der Waals surface area (Å²) in [7, 11) is 1.72. The fourth-order valence-electron chi connectivity index (χ4n) is 1.97. The van der Waals surface area contributed by atoms with Gasteiger partial charge in [-0.1, -0.05) is 29.9 Å². The minimum Gasteiger partial charge on any atom is -0.496 e. The van der Waals surface area contributed by atoms with Gasteiger partial charge in [0.25, 0.3) is 0 Å². The molecule has 0 aliphatic carbocycles. The maximum absolute atomic E-state index is 5.49. The highest BCUT2D eigenvalue weighted by Gasteiger charge is 2.07. The van der Waals surface area contributed by atoms with Crippen LogP contribution in [-0.4, -0.2) is 12.1 Å². The number of ether oxygens (including phenoxy) is 1. The van der Waals surface area contributed by atoms with Crippen molar-refractivity contribution in [2.45, 2.75) is 33.1 Å². The maximum atomic E-state index is 5.49. The quantitative estimate of drug-likeness (QED) is 0.800. The minimum atomic E-state index is 0.586. The molecule has 0 fully saturated rings. The Labute approximate surface area is 103 Å². The molecule has 0 atom stereocenters. The van der Waals surface area contributed by atoms with Crippen LogP contribution in [-0.2, 0) is 6.42 Å². The predicted molar refractivity (Wildman–Crippen MR) is 72.2 cm³/mol. The molecule has 0 amide bonds. The Morgan fingerprint density at radius 3 is 2.62 bits per heavy atom. The van der Waals surface area contributed by atoms with E-state index in [-0.39, 0.29) is 0 Å². The lowest BCUT2D eigenvalue weighted by molar-refractivity contribution is 0.406. The normalized spacial score (nSPS) is 10.2. The average molecular weight is 237 g/mol. The second kappa shape index (κ2) is 5.85. The summed E-state index contributed by atoms with van der Waals surface area (Å²) in [5, 5.41) is 0. The Kier molecular flexibility index (Phi) is 4.74. The van der Waals surface area contributed by atoms with Crippen LogP contribution >= 0.6 is 12.2 Å². The van der Waals surface area contributed by atoms with Gasteiger partial charge >= 0.3 is 0 Å². The van der Waals surface area contributed by atoms with Gasteiger partial charge in [0.15, 0.2) is 0 Å². The van der Waals surface area contributed by atoms with E-state index in [0.717, 1.165) is 25.0 Å². The molecule has 0 unspecified atom stereocenters. The second-order valence-electron chi connectivity index (χ2n) is 4.09. The first-order chi connectivity index (χ1) is 7.54. The van der Waals surface area contributed by atoms with Gasteiger partial charge in [-0.3, -0.25) is 0 Å². The molecule has 1 aromatic carbocycles. The fourth-order valence-corrected chi connectivity index (χ4v) is 2.12. The summed E-state index contributed by atoms with van der Waals surface area (Å²) in [6.45, 7) is 4.17. The van der Waals surface area contributed by atoms with Gasteiger partial charge in [-0.25, -0.2) is 0 Å². The van der Waals surface area contributed by atoms with E-state index in [9.17, 15) is 0 Å². The highest BCUT2D eigenvalue weighted by atomic mass is 32.1. The molecule has 0 bridgehead atoms. The van der Waals surface area contributed by atoms with Crippen molar-refractivity contribution in [1.29, 1.82) is 0 Å². The molecule has 0 saturated heterocycles. The van der Waals surface area contributed by atoms with Crippen molar-refractivity contribution in [2.24, 2.45) is 5.73 Å². The van der Waals surface area contributed by atoms with Crippen LogP contribution in [0.25, 0.3) is 0 Å². The van der Waals surface area contributed by atoms with Crippen LogP contribution < -0.4 is 10.5 Å². The molecular weight excluding hydrogens is 218 g/mol. The lowest BCUT2D eigenvalue weighted by Gasteiger charge is -2.12. The Bertz CT molecular complexity index is 388. The van der Waals surface area contributed by atoms with Gasteiger partial charge in [0.2, 0.25) is 0 Å². The van der Waals surface area contributed by atoms with Crippen LogP contribution in [0.5, 0.6) is 5.75 Å². The molecule has 0 spiro atoms. The van der Waals surface area contributed by atoms with Gasteiger partial charge in [0.05, 0.1) is 12.1 Å². The Balaban J connectivity index is 2.81. The molecule has 1 rings (SSSR count). The van der Waals surface area contributed by atoms with Gasteiger partial charge < -0.3 is 10.5 Å². The van der Waals surface area contributed by atoms with Crippen LogP contribution in [0.3, 0.4) is 0 Å². The number of aryl methyl sites for hydroxylation is 3. The largest absolute Gasteiger partial charge is 0.496 e. The Hall–Kier alpha value is -1.09. The molecule has 1 aromatic rings. The fraction of sp³-hybridized carbons (Fsp3) is 0.462. The van der Waals surface area contributed by atoms with E-state index in [1.165, 1.54) is 16.7 Å². The van der Waals surface area contributed by atoms with E-state index in [4.69, 9.17) is 22.7 Å². The smallest absolute Gasteiger partial charge is 0.124 e. The lowest BCUT2D eigenvalue weighted by Crippen LogP contribution is -2.07. The first-order valence-electron chi connectivity index (χ1n) is 5.47. The monoisotopic (exact) mass is 237 g/mol. The van der Waals surface area contributed by atoms with Crippen LogP contribution in [0.2, 0.25) is 0 Å². The van der Waals surface area contributed by atoms with Crippen LogP contribution in [0.1, 0.15) is 29.5 Å². The van der Waals surface area contributed by atoms with Crippen molar-refractivity contribution >= 4 is 17.2 Å². The van der Waals surface area contributed by atoms with E-state index in [0.29, 0.717) is 4.99 Å². The van der Waals surface area contributed by atoms with E-state index < -0.39 is 0 Å². The molecule has 0 heterocycles.